The molecule has 0 atom stereocenters. The van der Waals surface area contributed by atoms with E-state index in [-0.39, 0.29) is 0 Å². The molecule has 0 saturated carbocycles. The molecule has 0 aliphatic rings. The molecule has 4 aromatic rings. The molecule has 3 aromatic heterocycles. The van der Waals surface area contributed by atoms with Crippen LogP contribution in [0.4, 0.5) is 0 Å². The normalized spacial score (nSPS) is 11.0. The van der Waals surface area contributed by atoms with Crippen molar-refractivity contribution in [3.8, 4) is 22.2 Å². The van der Waals surface area contributed by atoms with E-state index in [1.807, 2.05) is 48.7 Å². The van der Waals surface area contributed by atoms with Crippen LogP contribution in [0.3, 0.4) is 0 Å². The van der Waals surface area contributed by atoms with E-state index in [4.69, 9.17) is 8.94 Å². The van der Waals surface area contributed by atoms with Gasteiger partial charge in [-0.15, -0.1) is 21.5 Å². The number of hydrogen-bond acceptors (Lipinski definition) is 8. The number of aromatic nitrogens is 4. The molecule has 0 aliphatic carbocycles. The van der Waals surface area contributed by atoms with Crippen LogP contribution in [0.5, 0.6) is 0 Å². The molecular weight excluding hydrogens is 344 g/mol. The van der Waals surface area contributed by atoms with Crippen LogP contribution in [0.25, 0.3) is 22.2 Å². The molecule has 0 saturated heterocycles. The minimum atomic E-state index is 0.477. The lowest BCUT2D eigenvalue weighted by Crippen LogP contribution is -1.83. The molecule has 4 rings (SSSR count). The first-order valence-electron chi connectivity index (χ1n) is 7.18. The Hall–Kier alpha value is -2.45. The first kappa shape index (κ1) is 15.1. The fourth-order valence-corrected chi connectivity index (χ4v) is 3.27. The Kier molecular flexibility index (Phi) is 4.14. The number of aryl methyl sites for hydroxylation is 1. The van der Waals surface area contributed by atoms with Crippen molar-refractivity contribution in [3.05, 3.63) is 53.2 Å². The van der Waals surface area contributed by atoms with Crippen LogP contribution in [0.1, 0.15) is 11.5 Å². The van der Waals surface area contributed by atoms with Crippen molar-refractivity contribution < 1.29 is 8.94 Å². The summed E-state index contributed by atoms with van der Waals surface area (Å²) in [5.41, 5.74) is 2.12. The fraction of sp³-hybridized carbons (Fsp3) is 0.125. The molecule has 0 bridgehead atoms. The van der Waals surface area contributed by atoms with E-state index >= 15 is 0 Å². The first-order chi connectivity index (χ1) is 11.8. The molecule has 0 fully saturated rings. The van der Waals surface area contributed by atoms with Crippen LogP contribution < -0.4 is 0 Å². The van der Waals surface area contributed by atoms with Crippen molar-refractivity contribution in [2.45, 2.75) is 17.9 Å². The van der Waals surface area contributed by atoms with Crippen molar-refractivity contribution in [1.82, 2.24) is 20.3 Å². The van der Waals surface area contributed by atoms with Gasteiger partial charge in [-0.25, -0.2) is 0 Å². The fourth-order valence-electron chi connectivity index (χ4n) is 2.02. The molecule has 3 heterocycles. The van der Waals surface area contributed by atoms with Gasteiger partial charge in [0.05, 0.1) is 10.6 Å². The van der Waals surface area contributed by atoms with Crippen LogP contribution in [0, 0.1) is 6.92 Å². The zero-order chi connectivity index (χ0) is 16.4. The van der Waals surface area contributed by atoms with E-state index in [2.05, 4.69) is 20.3 Å². The van der Waals surface area contributed by atoms with Gasteiger partial charge >= 0.3 is 0 Å². The predicted molar refractivity (Wildman–Crippen MR) is 91.6 cm³/mol. The number of hydrogen-bond donors (Lipinski definition) is 0. The second-order valence-electron chi connectivity index (χ2n) is 5.02. The third-order valence-electron chi connectivity index (χ3n) is 3.24. The Balaban J connectivity index is 1.42. The second-order valence-corrected chi connectivity index (χ2v) is 6.89. The summed E-state index contributed by atoms with van der Waals surface area (Å²) >= 11 is 2.93. The Morgan fingerprint density at radius 2 is 2.00 bits per heavy atom. The number of thiophene rings is 1. The van der Waals surface area contributed by atoms with Gasteiger partial charge in [0.1, 0.15) is 0 Å². The largest absolute Gasteiger partial charge is 0.410 e. The van der Waals surface area contributed by atoms with E-state index in [9.17, 15) is 0 Å². The smallest absolute Gasteiger partial charge is 0.277 e. The minimum Gasteiger partial charge on any atom is -0.410 e. The average molecular weight is 356 g/mol. The molecule has 0 N–H and O–H groups in total. The summed E-state index contributed by atoms with van der Waals surface area (Å²) < 4.78 is 10.9. The molecule has 8 heteroatoms. The zero-order valence-corrected chi connectivity index (χ0v) is 14.3. The third kappa shape index (κ3) is 3.24. The van der Waals surface area contributed by atoms with Gasteiger partial charge in [-0.1, -0.05) is 52.8 Å². The van der Waals surface area contributed by atoms with Crippen molar-refractivity contribution in [1.29, 1.82) is 0 Å². The van der Waals surface area contributed by atoms with Crippen LogP contribution in [0.15, 0.2) is 55.9 Å². The predicted octanol–water partition coefficient (Wildman–Crippen LogP) is 4.45. The molecule has 0 unspecified atom stereocenters. The summed E-state index contributed by atoms with van der Waals surface area (Å²) in [6.45, 7) is 2.04. The van der Waals surface area contributed by atoms with E-state index in [0.717, 1.165) is 10.4 Å². The van der Waals surface area contributed by atoms with E-state index in [1.54, 1.807) is 11.3 Å². The number of benzene rings is 1. The number of thioether (sulfide) groups is 1. The van der Waals surface area contributed by atoms with Gasteiger partial charge in [0, 0.05) is 5.56 Å². The van der Waals surface area contributed by atoms with Gasteiger partial charge in [-0.05, 0) is 18.4 Å². The third-order valence-corrected chi connectivity index (χ3v) is 4.90. The van der Waals surface area contributed by atoms with Crippen molar-refractivity contribution in [2.24, 2.45) is 0 Å². The monoisotopic (exact) mass is 356 g/mol. The van der Waals surface area contributed by atoms with Crippen LogP contribution >= 0.6 is 23.1 Å². The van der Waals surface area contributed by atoms with Gasteiger partial charge in [0.25, 0.3) is 11.1 Å². The van der Waals surface area contributed by atoms with Gasteiger partial charge in [0.2, 0.25) is 11.7 Å². The second kappa shape index (κ2) is 6.58. The van der Waals surface area contributed by atoms with E-state index in [1.165, 1.54) is 17.3 Å². The zero-order valence-electron chi connectivity index (χ0n) is 12.7. The van der Waals surface area contributed by atoms with Crippen LogP contribution in [-0.4, -0.2) is 20.3 Å². The lowest BCUT2D eigenvalue weighted by atomic mass is 10.1. The maximum atomic E-state index is 5.62. The molecule has 1 aromatic carbocycles. The Labute approximate surface area is 145 Å². The molecule has 0 amide bonds. The maximum Gasteiger partial charge on any atom is 0.277 e. The summed E-state index contributed by atoms with van der Waals surface area (Å²) in [6.07, 6.45) is 0. The number of rotatable bonds is 5. The summed E-state index contributed by atoms with van der Waals surface area (Å²) in [7, 11) is 0. The SMILES string of the molecule is Cc1ccc(-c2noc(CSc3nnc(-c4cccs4)o3)n2)cc1. The first-order valence-corrected chi connectivity index (χ1v) is 9.04. The summed E-state index contributed by atoms with van der Waals surface area (Å²) in [6, 6.07) is 11.9. The summed E-state index contributed by atoms with van der Waals surface area (Å²) in [5, 5.41) is 14.5. The van der Waals surface area contributed by atoms with E-state index < -0.39 is 0 Å². The highest BCUT2D eigenvalue weighted by Crippen LogP contribution is 2.28. The highest BCUT2D eigenvalue weighted by Gasteiger charge is 2.13. The van der Waals surface area contributed by atoms with Gasteiger partial charge in [-0.3, -0.25) is 0 Å². The number of nitrogens with zero attached hydrogens (tertiary/aromatic N) is 4. The summed E-state index contributed by atoms with van der Waals surface area (Å²) in [4.78, 5) is 5.35. The van der Waals surface area contributed by atoms with Crippen molar-refractivity contribution >= 4 is 23.1 Å². The molecule has 120 valence electrons. The molecule has 6 nitrogen and oxygen atoms in total. The maximum absolute atomic E-state index is 5.62. The summed E-state index contributed by atoms with van der Waals surface area (Å²) in [5.74, 6) is 2.10. The quantitative estimate of drug-likeness (QED) is 0.489. The molecule has 24 heavy (non-hydrogen) atoms. The molecule has 0 radical (unpaired) electrons. The van der Waals surface area contributed by atoms with E-state index in [0.29, 0.717) is 28.6 Å². The Morgan fingerprint density at radius 1 is 1.12 bits per heavy atom. The topological polar surface area (TPSA) is 77.8 Å². The molecule has 0 aliphatic heterocycles. The lowest BCUT2D eigenvalue weighted by molar-refractivity contribution is 0.391. The van der Waals surface area contributed by atoms with Crippen molar-refractivity contribution in [2.75, 3.05) is 0 Å². The van der Waals surface area contributed by atoms with Crippen LogP contribution in [0.2, 0.25) is 0 Å². The highest BCUT2D eigenvalue weighted by molar-refractivity contribution is 7.98. The van der Waals surface area contributed by atoms with Gasteiger partial charge in [-0.2, -0.15) is 4.98 Å². The van der Waals surface area contributed by atoms with Crippen molar-refractivity contribution in [3.63, 3.8) is 0 Å². The Bertz CT molecular complexity index is 929. The standard InChI is InChI=1S/C16H12N4O2S2/c1-10-4-6-11(7-5-10)14-17-13(22-20-14)9-24-16-19-18-15(21-16)12-3-2-8-23-12/h2-8H,9H2,1H3. The van der Waals surface area contributed by atoms with Gasteiger partial charge in [0.15, 0.2) is 0 Å². The highest BCUT2D eigenvalue weighted by atomic mass is 32.2. The minimum absolute atomic E-state index is 0.477. The Morgan fingerprint density at radius 3 is 2.79 bits per heavy atom. The van der Waals surface area contributed by atoms with Gasteiger partial charge < -0.3 is 8.94 Å². The molecule has 0 spiro atoms. The van der Waals surface area contributed by atoms with Crippen LogP contribution in [-0.2, 0) is 5.75 Å². The lowest BCUT2D eigenvalue weighted by Gasteiger charge is -1.94. The molecular formula is C16H12N4O2S2. The average Bonchev–Trinajstić information content (AvgIpc) is 3.34.